The van der Waals surface area contributed by atoms with Gasteiger partial charge < -0.3 is 10.2 Å². The van der Waals surface area contributed by atoms with Crippen molar-refractivity contribution in [2.24, 2.45) is 0 Å². The summed E-state index contributed by atoms with van der Waals surface area (Å²) >= 11 is 0. The first kappa shape index (κ1) is 15.4. The monoisotopic (exact) mass is 291 g/mol. The summed E-state index contributed by atoms with van der Waals surface area (Å²) in [4.78, 5) is 25.3. The third-order valence-electron chi connectivity index (χ3n) is 3.77. The van der Waals surface area contributed by atoms with Gasteiger partial charge in [0, 0.05) is 19.4 Å². The van der Waals surface area contributed by atoms with Crippen molar-refractivity contribution in [3.8, 4) is 11.5 Å². The van der Waals surface area contributed by atoms with E-state index in [1.807, 2.05) is 0 Å². The van der Waals surface area contributed by atoms with E-state index in [1.165, 1.54) is 17.0 Å². The molecule has 2 amide bonds. The predicted molar refractivity (Wildman–Crippen MR) is 77.9 cm³/mol. The van der Waals surface area contributed by atoms with E-state index in [1.54, 1.807) is 6.07 Å². The van der Waals surface area contributed by atoms with Gasteiger partial charge in [0.15, 0.2) is 11.5 Å². The van der Waals surface area contributed by atoms with Crippen LogP contribution in [0.15, 0.2) is 18.2 Å². The second kappa shape index (κ2) is 7.11. The maximum Gasteiger partial charge on any atom is 0.229 e. The minimum absolute atomic E-state index is 0.0558. The van der Waals surface area contributed by atoms with Gasteiger partial charge in [-0.05, 0) is 43.4 Å². The normalized spacial score (nSPS) is 15.8. The van der Waals surface area contributed by atoms with Gasteiger partial charge in [-0.3, -0.25) is 14.5 Å². The second-order valence-electron chi connectivity index (χ2n) is 5.43. The van der Waals surface area contributed by atoms with Crippen LogP contribution in [0.2, 0.25) is 0 Å². The Labute approximate surface area is 124 Å². The molecule has 1 fully saturated rings. The van der Waals surface area contributed by atoms with Gasteiger partial charge in [-0.15, -0.1) is 0 Å². The highest BCUT2D eigenvalue weighted by Gasteiger charge is 2.22. The number of aryl methyl sites for hydroxylation is 1. The van der Waals surface area contributed by atoms with Crippen molar-refractivity contribution in [3.63, 3.8) is 0 Å². The fourth-order valence-corrected chi connectivity index (χ4v) is 2.55. The molecule has 2 N–H and O–H groups in total. The van der Waals surface area contributed by atoms with Crippen LogP contribution in [0.1, 0.15) is 44.1 Å². The lowest BCUT2D eigenvalue weighted by molar-refractivity contribution is -0.144. The highest BCUT2D eigenvalue weighted by Crippen LogP contribution is 2.25. The molecular formula is C16H21NO4. The van der Waals surface area contributed by atoms with E-state index in [-0.39, 0.29) is 23.3 Å². The number of benzene rings is 1. The molecule has 1 saturated heterocycles. The van der Waals surface area contributed by atoms with Gasteiger partial charge >= 0.3 is 0 Å². The molecular weight excluding hydrogens is 270 g/mol. The molecule has 0 unspecified atom stereocenters. The van der Waals surface area contributed by atoms with Crippen LogP contribution in [0, 0.1) is 0 Å². The second-order valence-corrected chi connectivity index (χ2v) is 5.43. The van der Waals surface area contributed by atoms with Gasteiger partial charge in [0.1, 0.15) is 0 Å². The first-order valence-electron chi connectivity index (χ1n) is 7.42. The van der Waals surface area contributed by atoms with Crippen LogP contribution in [0.3, 0.4) is 0 Å². The Bertz CT molecular complexity index is 527. The largest absolute Gasteiger partial charge is 0.504 e. The summed E-state index contributed by atoms with van der Waals surface area (Å²) < 4.78 is 0. The van der Waals surface area contributed by atoms with Crippen molar-refractivity contribution < 1.29 is 19.8 Å². The molecule has 1 heterocycles. The van der Waals surface area contributed by atoms with Crippen molar-refractivity contribution in [3.05, 3.63) is 23.8 Å². The van der Waals surface area contributed by atoms with E-state index in [0.29, 0.717) is 32.2 Å². The molecule has 0 aromatic heterocycles. The van der Waals surface area contributed by atoms with Crippen LogP contribution in [-0.2, 0) is 16.0 Å². The minimum Gasteiger partial charge on any atom is -0.504 e. The lowest BCUT2D eigenvalue weighted by atomic mass is 10.1. The van der Waals surface area contributed by atoms with Crippen molar-refractivity contribution in [2.75, 3.05) is 6.54 Å². The van der Waals surface area contributed by atoms with Crippen LogP contribution >= 0.6 is 0 Å². The summed E-state index contributed by atoms with van der Waals surface area (Å²) in [5.74, 6) is -0.462. The Kier molecular flexibility index (Phi) is 5.20. The molecule has 0 saturated carbocycles. The van der Waals surface area contributed by atoms with Crippen molar-refractivity contribution in [1.82, 2.24) is 4.90 Å². The number of rotatable bonds is 4. The Hall–Kier alpha value is -2.04. The van der Waals surface area contributed by atoms with Crippen molar-refractivity contribution >= 4 is 11.8 Å². The number of aromatic hydroxyl groups is 2. The van der Waals surface area contributed by atoms with Crippen LogP contribution in [0.5, 0.6) is 11.5 Å². The first-order chi connectivity index (χ1) is 10.1. The molecule has 0 bridgehead atoms. The molecule has 1 aromatic carbocycles. The van der Waals surface area contributed by atoms with E-state index < -0.39 is 0 Å². The van der Waals surface area contributed by atoms with Crippen LogP contribution in [0.25, 0.3) is 0 Å². The smallest absolute Gasteiger partial charge is 0.229 e. The number of phenols is 2. The van der Waals surface area contributed by atoms with Crippen LogP contribution < -0.4 is 0 Å². The zero-order chi connectivity index (χ0) is 15.2. The Balaban J connectivity index is 1.83. The van der Waals surface area contributed by atoms with Gasteiger partial charge in [0.25, 0.3) is 0 Å². The van der Waals surface area contributed by atoms with Gasteiger partial charge in [-0.1, -0.05) is 12.5 Å². The lowest BCUT2D eigenvalue weighted by Crippen LogP contribution is -2.36. The van der Waals surface area contributed by atoms with Crippen molar-refractivity contribution in [2.45, 2.75) is 44.9 Å². The number of amides is 2. The maximum atomic E-state index is 12.1. The highest BCUT2D eigenvalue weighted by atomic mass is 16.3. The lowest BCUT2D eigenvalue weighted by Gasteiger charge is -2.18. The number of phenolic OH excluding ortho intramolecular Hbond substituents is 2. The third-order valence-corrected chi connectivity index (χ3v) is 3.77. The average Bonchev–Trinajstić information content (AvgIpc) is 2.67. The summed E-state index contributed by atoms with van der Waals surface area (Å²) in [6.45, 7) is 0.539. The summed E-state index contributed by atoms with van der Waals surface area (Å²) in [5.41, 5.74) is 0.861. The number of hydrogen-bond donors (Lipinski definition) is 2. The van der Waals surface area contributed by atoms with Gasteiger partial charge in [-0.2, -0.15) is 0 Å². The number of imide groups is 1. The minimum atomic E-state index is -0.151. The number of carbonyl (C=O) groups is 2. The predicted octanol–water partition coefficient (Wildman–Crippen LogP) is 2.35. The topological polar surface area (TPSA) is 77.8 Å². The van der Waals surface area contributed by atoms with Gasteiger partial charge in [0.05, 0.1) is 0 Å². The molecule has 114 valence electrons. The molecule has 1 aliphatic rings. The summed E-state index contributed by atoms with van der Waals surface area (Å²) in [5, 5.41) is 18.6. The van der Waals surface area contributed by atoms with Gasteiger partial charge in [0.2, 0.25) is 11.8 Å². The van der Waals surface area contributed by atoms with Crippen molar-refractivity contribution in [1.29, 1.82) is 0 Å². The standard InChI is InChI=1S/C16H21NO4/c18-13-9-8-12(11-14(13)19)5-4-7-16(21)17-10-3-1-2-6-15(17)20/h8-9,11,18-19H,1-7,10H2. The quantitative estimate of drug-likeness (QED) is 0.835. The zero-order valence-corrected chi connectivity index (χ0v) is 12.0. The molecule has 0 aliphatic carbocycles. The van der Waals surface area contributed by atoms with E-state index in [2.05, 4.69) is 0 Å². The third kappa shape index (κ3) is 4.21. The molecule has 0 atom stereocenters. The number of likely N-dealkylation sites (tertiary alicyclic amines) is 1. The fraction of sp³-hybridized carbons (Fsp3) is 0.500. The Morgan fingerprint density at radius 2 is 1.95 bits per heavy atom. The molecule has 2 rings (SSSR count). The molecule has 5 heteroatoms. The summed E-state index contributed by atoms with van der Waals surface area (Å²) in [6.07, 6.45) is 4.81. The van der Waals surface area contributed by atoms with Crippen LogP contribution in [-0.4, -0.2) is 33.5 Å². The Morgan fingerprint density at radius 3 is 2.71 bits per heavy atom. The number of hydrogen-bond acceptors (Lipinski definition) is 4. The molecule has 21 heavy (non-hydrogen) atoms. The summed E-state index contributed by atoms with van der Waals surface area (Å²) in [6, 6.07) is 4.65. The van der Waals surface area contributed by atoms with Crippen LogP contribution in [0.4, 0.5) is 0 Å². The first-order valence-corrected chi connectivity index (χ1v) is 7.42. The van der Waals surface area contributed by atoms with E-state index >= 15 is 0 Å². The molecule has 5 nitrogen and oxygen atoms in total. The highest BCUT2D eigenvalue weighted by molar-refractivity contribution is 5.95. The molecule has 0 spiro atoms. The number of carbonyl (C=O) groups excluding carboxylic acids is 2. The number of nitrogens with zero attached hydrogens (tertiary/aromatic N) is 1. The SMILES string of the molecule is O=C1CCCCCN1C(=O)CCCc1ccc(O)c(O)c1. The zero-order valence-electron chi connectivity index (χ0n) is 12.0. The molecule has 0 radical (unpaired) electrons. The fourth-order valence-electron chi connectivity index (χ4n) is 2.55. The molecule has 1 aromatic rings. The average molecular weight is 291 g/mol. The molecule has 1 aliphatic heterocycles. The summed E-state index contributed by atoms with van der Waals surface area (Å²) in [7, 11) is 0. The van der Waals surface area contributed by atoms with E-state index in [4.69, 9.17) is 0 Å². The van der Waals surface area contributed by atoms with E-state index in [0.717, 1.165) is 24.8 Å². The van der Waals surface area contributed by atoms with Gasteiger partial charge in [-0.25, -0.2) is 0 Å². The van der Waals surface area contributed by atoms with E-state index in [9.17, 15) is 19.8 Å². The Morgan fingerprint density at radius 1 is 1.14 bits per heavy atom. The maximum absolute atomic E-state index is 12.1.